The molecule has 1 atom stereocenters. The molecule has 0 bridgehead atoms. The first-order valence-electron chi connectivity index (χ1n) is 6.53. The minimum atomic E-state index is 0.104. The predicted molar refractivity (Wildman–Crippen MR) is 80.5 cm³/mol. The molecule has 1 N–H and O–H groups in total. The van der Waals surface area contributed by atoms with Crippen molar-refractivity contribution in [3.05, 3.63) is 58.6 Å². The topological polar surface area (TPSA) is 30.5 Å². The number of hydrogen-bond acceptors (Lipinski definition) is 3. The summed E-state index contributed by atoms with van der Waals surface area (Å²) in [6.45, 7) is 1.30. The smallest absolute Gasteiger partial charge is 0.142 e. The van der Waals surface area contributed by atoms with Gasteiger partial charge in [0, 0.05) is 5.02 Å². The molecule has 104 valence electrons. The van der Waals surface area contributed by atoms with Crippen molar-refractivity contribution in [1.82, 2.24) is 0 Å². The molecular weight excluding hydrogens is 274 g/mol. The molecule has 0 spiro atoms. The molecule has 0 amide bonds. The summed E-state index contributed by atoms with van der Waals surface area (Å²) in [5.41, 5.74) is 3.36. The van der Waals surface area contributed by atoms with Crippen LogP contribution in [0.15, 0.2) is 42.5 Å². The van der Waals surface area contributed by atoms with Crippen molar-refractivity contribution in [2.45, 2.75) is 12.6 Å². The number of rotatable bonds is 3. The van der Waals surface area contributed by atoms with Crippen LogP contribution < -0.4 is 10.1 Å². The molecule has 0 radical (unpaired) electrons. The molecule has 4 heteroatoms. The van der Waals surface area contributed by atoms with E-state index in [0.29, 0.717) is 18.2 Å². The number of anilines is 1. The lowest BCUT2D eigenvalue weighted by molar-refractivity contribution is 0.0969. The fourth-order valence-electron chi connectivity index (χ4n) is 2.48. The van der Waals surface area contributed by atoms with E-state index in [1.807, 2.05) is 30.3 Å². The van der Waals surface area contributed by atoms with Crippen LogP contribution in [-0.4, -0.2) is 13.7 Å². The highest BCUT2D eigenvalue weighted by Crippen LogP contribution is 2.33. The van der Waals surface area contributed by atoms with Crippen molar-refractivity contribution < 1.29 is 9.47 Å². The largest absolute Gasteiger partial charge is 0.495 e. The molecule has 1 aliphatic heterocycles. The number of methoxy groups -OCH3 is 1. The van der Waals surface area contributed by atoms with E-state index in [4.69, 9.17) is 21.1 Å². The molecule has 1 unspecified atom stereocenters. The second-order valence-electron chi connectivity index (χ2n) is 4.76. The molecule has 1 heterocycles. The van der Waals surface area contributed by atoms with Crippen LogP contribution in [0.2, 0.25) is 5.02 Å². The third-order valence-electron chi connectivity index (χ3n) is 3.46. The van der Waals surface area contributed by atoms with Crippen LogP contribution in [0.1, 0.15) is 17.2 Å². The Kier molecular flexibility index (Phi) is 3.81. The average Bonchev–Trinajstić information content (AvgIpc) is 2.48. The summed E-state index contributed by atoms with van der Waals surface area (Å²) in [7, 11) is 1.65. The Hall–Kier alpha value is -1.71. The highest BCUT2D eigenvalue weighted by atomic mass is 35.5. The quantitative estimate of drug-likeness (QED) is 0.925. The molecule has 0 fully saturated rings. The standard InChI is InChI=1S/C16H16ClNO2/c1-19-16-7-6-12(17)8-14(16)18-15-10-20-9-11-4-2-3-5-13(11)15/h2-8,15,18H,9-10H2,1H3. The van der Waals surface area contributed by atoms with Crippen molar-refractivity contribution in [3.8, 4) is 5.75 Å². The summed E-state index contributed by atoms with van der Waals surface area (Å²) in [5.74, 6) is 0.775. The van der Waals surface area contributed by atoms with Gasteiger partial charge in [-0.25, -0.2) is 0 Å². The van der Waals surface area contributed by atoms with Crippen LogP contribution in [0.5, 0.6) is 5.75 Å². The predicted octanol–water partition coefficient (Wildman–Crippen LogP) is 4.03. The van der Waals surface area contributed by atoms with Crippen LogP contribution in [-0.2, 0) is 11.3 Å². The van der Waals surface area contributed by atoms with E-state index in [0.717, 1.165) is 11.4 Å². The SMILES string of the molecule is COc1ccc(Cl)cc1NC1COCc2ccccc21. The Balaban J connectivity index is 1.91. The Morgan fingerprint density at radius 3 is 2.95 bits per heavy atom. The monoisotopic (exact) mass is 289 g/mol. The molecule has 1 aliphatic rings. The minimum absolute atomic E-state index is 0.104. The van der Waals surface area contributed by atoms with E-state index in [2.05, 4.69) is 17.4 Å². The highest BCUT2D eigenvalue weighted by molar-refractivity contribution is 6.30. The number of nitrogens with one attached hydrogen (secondary N) is 1. The van der Waals surface area contributed by atoms with Gasteiger partial charge in [0.25, 0.3) is 0 Å². The van der Waals surface area contributed by atoms with Crippen molar-refractivity contribution in [1.29, 1.82) is 0 Å². The first-order valence-corrected chi connectivity index (χ1v) is 6.91. The first kappa shape index (κ1) is 13.3. The molecule has 0 saturated carbocycles. The molecule has 0 saturated heterocycles. The summed E-state index contributed by atoms with van der Waals surface area (Å²) >= 11 is 6.06. The van der Waals surface area contributed by atoms with E-state index in [1.54, 1.807) is 7.11 Å². The number of benzene rings is 2. The lowest BCUT2D eigenvalue weighted by Crippen LogP contribution is -2.23. The number of ether oxygens (including phenoxy) is 2. The maximum absolute atomic E-state index is 6.06. The van der Waals surface area contributed by atoms with Gasteiger partial charge in [0.2, 0.25) is 0 Å². The zero-order chi connectivity index (χ0) is 13.9. The first-order chi connectivity index (χ1) is 9.78. The summed E-state index contributed by atoms with van der Waals surface area (Å²) < 4.78 is 11.0. The second-order valence-corrected chi connectivity index (χ2v) is 5.19. The zero-order valence-electron chi connectivity index (χ0n) is 11.2. The molecule has 0 aliphatic carbocycles. The van der Waals surface area contributed by atoms with Crippen molar-refractivity contribution in [2.24, 2.45) is 0 Å². The van der Waals surface area contributed by atoms with E-state index >= 15 is 0 Å². The maximum Gasteiger partial charge on any atom is 0.142 e. The lowest BCUT2D eigenvalue weighted by atomic mass is 9.99. The molecular formula is C16H16ClNO2. The van der Waals surface area contributed by atoms with Crippen molar-refractivity contribution in [2.75, 3.05) is 19.0 Å². The molecule has 3 nitrogen and oxygen atoms in total. The fourth-order valence-corrected chi connectivity index (χ4v) is 2.65. The third kappa shape index (κ3) is 2.60. The van der Waals surface area contributed by atoms with E-state index in [-0.39, 0.29) is 6.04 Å². The van der Waals surface area contributed by atoms with Crippen molar-refractivity contribution >= 4 is 17.3 Å². The van der Waals surface area contributed by atoms with Gasteiger partial charge in [0.05, 0.1) is 32.1 Å². The van der Waals surface area contributed by atoms with Gasteiger partial charge in [0.1, 0.15) is 5.75 Å². The van der Waals surface area contributed by atoms with Gasteiger partial charge >= 0.3 is 0 Å². The fraction of sp³-hybridized carbons (Fsp3) is 0.250. The number of fused-ring (bicyclic) bond motifs is 1. The number of halogens is 1. The molecule has 20 heavy (non-hydrogen) atoms. The lowest BCUT2D eigenvalue weighted by Gasteiger charge is -2.28. The van der Waals surface area contributed by atoms with Crippen LogP contribution in [0.3, 0.4) is 0 Å². The third-order valence-corrected chi connectivity index (χ3v) is 3.70. The molecule has 2 aromatic carbocycles. The van der Waals surface area contributed by atoms with E-state index in [1.165, 1.54) is 11.1 Å². The Morgan fingerprint density at radius 1 is 1.25 bits per heavy atom. The normalized spacial score (nSPS) is 17.4. The summed E-state index contributed by atoms with van der Waals surface area (Å²) in [6.07, 6.45) is 0. The Labute approximate surface area is 123 Å². The zero-order valence-corrected chi connectivity index (χ0v) is 12.0. The Morgan fingerprint density at radius 2 is 2.10 bits per heavy atom. The van der Waals surface area contributed by atoms with E-state index < -0.39 is 0 Å². The average molecular weight is 290 g/mol. The van der Waals surface area contributed by atoms with Gasteiger partial charge in [-0.2, -0.15) is 0 Å². The van der Waals surface area contributed by atoms with Gasteiger partial charge in [0.15, 0.2) is 0 Å². The van der Waals surface area contributed by atoms with Crippen LogP contribution in [0.4, 0.5) is 5.69 Å². The second kappa shape index (κ2) is 5.73. The highest BCUT2D eigenvalue weighted by Gasteiger charge is 2.21. The van der Waals surface area contributed by atoms with Crippen LogP contribution in [0, 0.1) is 0 Å². The molecule has 2 aromatic rings. The van der Waals surface area contributed by atoms with Crippen LogP contribution >= 0.6 is 11.6 Å². The van der Waals surface area contributed by atoms with Gasteiger partial charge in [-0.1, -0.05) is 35.9 Å². The van der Waals surface area contributed by atoms with Crippen molar-refractivity contribution in [3.63, 3.8) is 0 Å². The van der Waals surface area contributed by atoms with Gasteiger partial charge in [-0.15, -0.1) is 0 Å². The van der Waals surface area contributed by atoms with Gasteiger partial charge in [-0.05, 0) is 29.3 Å². The summed E-state index contributed by atoms with van der Waals surface area (Å²) in [6, 6.07) is 14.0. The van der Waals surface area contributed by atoms with Gasteiger partial charge in [-0.3, -0.25) is 0 Å². The maximum atomic E-state index is 6.06. The number of hydrogen-bond donors (Lipinski definition) is 1. The summed E-state index contributed by atoms with van der Waals surface area (Å²) in [4.78, 5) is 0. The minimum Gasteiger partial charge on any atom is -0.495 e. The van der Waals surface area contributed by atoms with E-state index in [9.17, 15) is 0 Å². The van der Waals surface area contributed by atoms with Gasteiger partial charge < -0.3 is 14.8 Å². The molecule has 3 rings (SSSR count). The molecule has 0 aromatic heterocycles. The Bertz CT molecular complexity index is 615. The summed E-state index contributed by atoms with van der Waals surface area (Å²) in [5, 5.41) is 4.14. The van der Waals surface area contributed by atoms with Crippen LogP contribution in [0.25, 0.3) is 0 Å².